The average molecular weight is 564 g/mol. The first kappa shape index (κ1) is 29.6. The van der Waals surface area contributed by atoms with Crippen LogP contribution in [0.2, 0.25) is 0 Å². The van der Waals surface area contributed by atoms with Crippen LogP contribution in [0.15, 0.2) is 12.2 Å². The molecule has 5 aliphatic rings. The molecular formula is C32H53NO5S. The lowest BCUT2D eigenvalue weighted by atomic mass is 9.32. The number of esters is 1. The van der Waals surface area contributed by atoms with Gasteiger partial charge in [-0.2, -0.15) is 8.42 Å². The van der Waals surface area contributed by atoms with Gasteiger partial charge in [0.1, 0.15) is 0 Å². The summed E-state index contributed by atoms with van der Waals surface area (Å²) in [5.74, 6) is 2.44. The highest BCUT2D eigenvalue weighted by atomic mass is 32.2. The molecule has 0 aliphatic heterocycles. The van der Waals surface area contributed by atoms with E-state index in [9.17, 15) is 13.2 Å². The van der Waals surface area contributed by atoms with Crippen LogP contribution in [0.1, 0.15) is 113 Å². The van der Waals surface area contributed by atoms with E-state index in [2.05, 4.69) is 48.1 Å². The van der Waals surface area contributed by atoms with Gasteiger partial charge in [-0.15, -0.1) is 0 Å². The van der Waals surface area contributed by atoms with Crippen molar-refractivity contribution in [1.29, 1.82) is 0 Å². The third-order valence-electron chi connectivity index (χ3n) is 14.0. The molecule has 5 aliphatic carbocycles. The third-order valence-corrected chi connectivity index (χ3v) is 14.5. The minimum atomic E-state index is -3.99. The second kappa shape index (κ2) is 9.29. The monoisotopic (exact) mass is 563 g/mol. The van der Waals surface area contributed by atoms with Crippen LogP contribution in [0.25, 0.3) is 0 Å². The summed E-state index contributed by atoms with van der Waals surface area (Å²) in [6, 6.07) is 0. The fraction of sp³-hybridized carbons (Fsp3) is 0.906. The van der Waals surface area contributed by atoms with Gasteiger partial charge in [0.15, 0.2) is 0 Å². The van der Waals surface area contributed by atoms with Crippen LogP contribution in [0.3, 0.4) is 0 Å². The number of hydrogen-bond acceptors (Lipinski definition) is 5. The first-order valence-electron chi connectivity index (χ1n) is 15.4. The number of ether oxygens (including phenoxy) is 1. The molecule has 39 heavy (non-hydrogen) atoms. The van der Waals surface area contributed by atoms with Crippen LogP contribution in [0, 0.1) is 56.7 Å². The molecule has 6 nitrogen and oxygen atoms in total. The fourth-order valence-electron chi connectivity index (χ4n) is 12.1. The van der Waals surface area contributed by atoms with Gasteiger partial charge in [-0.05, 0) is 122 Å². The molecule has 222 valence electrons. The molecule has 0 spiro atoms. The Labute approximate surface area is 237 Å². The Kier molecular flexibility index (Phi) is 7.04. The van der Waals surface area contributed by atoms with Crippen molar-refractivity contribution in [2.45, 2.75) is 119 Å². The molecule has 2 N–H and O–H groups in total. The summed E-state index contributed by atoms with van der Waals surface area (Å²) < 4.78 is 35.1. The van der Waals surface area contributed by atoms with Gasteiger partial charge in [-0.3, -0.25) is 8.98 Å². The first-order valence-corrected chi connectivity index (χ1v) is 16.9. The normalized spacial score (nSPS) is 48.7. The van der Waals surface area contributed by atoms with E-state index in [0.717, 1.165) is 44.9 Å². The summed E-state index contributed by atoms with van der Waals surface area (Å²) in [6.45, 7) is 20.9. The zero-order valence-electron chi connectivity index (χ0n) is 25.5. The molecule has 5 fully saturated rings. The van der Waals surface area contributed by atoms with Gasteiger partial charge in [-0.1, -0.05) is 46.8 Å². The van der Waals surface area contributed by atoms with E-state index in [1.807, 2.05) is 0 Å². The van der Waals surface area contributed by atoms with Crippen LogP contribution < -0.4 is 5.14 Å². The Morgan fingerprint density at radius 3 is 2.18 bits per heavy atom. The van der Waals surface area contributed by atoms with E-state index in [-0.39, 0.29) is 39.1 Å². The standard InChI is InChI=1S/C32H53NO5S/c1-20(2)22-11-16-32(19-37-21(3)34)18-17-30(7)23(27(22)32)9-10-25-29(6)14-13-26(38-39(33,35)36)28(4,5)24(29)12-15-31(25,30)8/h22-27H,1,9-19H2,2-8H3,(H2,33,35,36)/t22-,23+,24-,25+,26-,27+,29-,30+,31+,32+/m0/s1. The summed E-state index contributed by atoms with van der Waals surface area (Å²) >= 11 is 0. The molecule has 0 radical (unpaired) electrons. The molecule has 0 saturated heterocycles. The van der Waals surface area contributed by atoms with Gasteiger partial charge in [0.25, 0.3) is 0 Å². The molecule has 0 amide bonds. The van der Waals surface area contributed by atoms with Gasteiger partial charge in [0, 0.05) is 12.3 Å². The number of nitrogens with two attached hydrogens (primary N) is 1. The fourth-order valence-corrected chi connectivity index (χ4v) is 12.8. The van der Waals surface area contributed by atoms with Crippen molar-refractivity contribution in [3.63, 3.8) is 0 Å². The van der Waals surface area contributed by atoms with E-state index in [0.29, 0.717) is 36.2 Å². The van der Waals surface area contributed by atoms with Crippen LogP contribution in [-0.2, 0) is 24.0 Å². The molecule has 0 aromatic rings. The first-order chi connectivity index (χ1) is 17.9. The van der Waals surface area contributed by atoms with Crippen molar-refractivity contribution in [1.82, 2.24) is 0 Å². The smallest absolute Gasteiger partial charge is 0.333 e. The predicted octanol–water partition coefficient (Wildman–Crippen LogP) is 6.80. The average Bonchev–Trinajstić information content (AvgIpc) is 3.20. The largest absolute Gasteiger partial charge is 0.465 e. The van der Waals surface area contributed by atoms with Crippen molar-refractivity contribution < 1.29 is 22.1 Å². The highest BCUT2D eigenvalue weighted by molar-refractivity contribution is 7.84. The Morgan fingerprint density at radius 1 is 0.872 bits per heavy atom. The van der Waals surface area contributed by atoms with E-state index in [1.54, 1.807) is 6.92 Å². The van der Waals surface area contributed by atoms with E-state index in [1.165, 1.54) is 24.8 Å². The summed E-state index contributed by atoms with van der Waals surface area (Å²) in [5.41, 5.74) is 1.67. The van der Waals surface area contributed by atoms with Crippen molar-refractivity contribution in [3.8, 4) is 0 Å². The molecule has 0 bridgehead atoms. The number of fused-ring (bicyclic) bond motifs is 7. The van der Waals surface area contributed by atoms with Crippen LogP contribution >= 0.6 is 0 Å². The molecule has 10 atom stereocenters. The topological polar surface area (TPSA) is 95.7 Å². The highest BCUT2D eigenvalue weighted by Gasteiger charge is 2.71. The maximum atomic E-state index is 11.9. The Hall–Kier alpha value is -0.920. The van der Waals surface area contributed by atoms with Gasteiger partial charge >= 0.3 is 16.3 Å². The van der Waals surface area contributed by atoms with Crippen LogP contribution in [0.5, 0.6) is 0 Å². The summed E-state index contributed by atoms with van der Waals surface area (Å²) in [5, 5.41) is 5.35. The molecule has 0 heterocycles. The van der Waals surface area contributed by atoms with Crippen LogP contribution in [-0.4, -0.2) is 27.1 Å². The predicted molar refractivity (Wildman–Crippen MR) is 154 cm³/mol. The van der Waals surface area contributed by atoms with Gasteiger partial charge in [0.05, 0.1) is 12.7 Å². The molecule has 0 unspecified atom stereocenters. The quantitative estimate of drug-likeness (QED) is 0.293. The SMILES string of the molecule is C=C(C)[C@@H]1CC[C@]2(COC(C)=O)CC[C@]3(C)[C@H](CC[C@@H]4[C@@]5(C)CC[C@H](OS(N)(=O)=O)C(C)(C)[C@@H]5CC[C@]43C)[C@@H]12. The van der Waals surface area contributed by atoms with Gasteiger partial charge in [-0.25, -0.2) is 5.14 Å². The van der Waals surface area contributed by atoms with Crippen molar-refractivity contribution in [2.24, 2.45) is 61.8 Å². The lowest BCUT2D eigenvalue weighted by Gasteiger charge is -2.73. The Balaban J connectivity index is 1.49. The number of carbonyl (C=O) groups excluding carboxylic acids is 1. The minimum Gasteiger partial charge on any atom is -0.465 e. The van der Waals surface area contributed by atoms with Crippen molar-refractivity contribution in [3.05, 3.63) is 12.2 Å². The summed E-state index contributed by atoms with van der Waals surface area (Å²) in [7, 11) is -3.99. The molecule has 0 aromatic carbocycles. The van der Waals surface area contributed by atoms with E-state index >= 15 is 0 Å². The summed E-state index contributed by atoms with van der Waals surface area (Å²) in [4.78, 5) is 11.9. The molecule has 0 aromatic heterocycles. The lowest BCUT2D eigenvalue weighted by molar-refractivity contribution is -0.248. The number of rotatable bonds is 5. The molecule has 5 rings (SSSR count). The van der Waals surface area contributed by atoms with Crippen molar-refractivity contribution in [2.75, 3.05) is 6.61 Å². The number of hydrogen-bond donors (Lipinski definition) is 1. The highest BCUT2D eigenvalue weighted by Crippen LogP contribution is 2.77. The third kappa shape index (κ3) is 4.29. The number of allylic oxidation sites excluding steroid dienone is 1. The maximum absolute atomic E-state index is 11.9. The minimum absolute atomic E-state index is 0.0782. The maximum Gasteiger partial charge on any atom is 0.333 e. The zero-order chi connectivity index (χ0) is 28.8. The Bertz CT molecular complexity index is 1130. The second-order valence-corrected chi connectivity index (χ2v) is 16.9. The Morgan fingerprint density at radius 2 is 1.56 bits per heavy atom. The van der Waals surface area contributed by atoms with Crippen LogP contribution in [0.4, 0.5) is 0 Å². The lowest BCUT2D eigenvalue weighted by Crippen LogP contribution is -2.67. The van der Waals surface area contributed by atoms with Gasteiger partial charge < -0.3 is 4.74 Å². The number of carbonyl (C=O) groups is 1. The zero-order valence-corrected chi connectivity index (χ0v) is 26.3. The van der Waals surface area contributed by atoms with E-state index < -0.39 is 10.3 Å². The molecule has 7 heteroatoms. The second-order valence-electron chi connectivity index (χ2n) is 15.8. The van der Waals surface area contributed by atoms with E-state index in [4.69, 9.17) is 14.1 Å². The molecule has 5 saturated carbocycles. The van der Waals surface area contributed by atoms with Crippen molar-refractivity contribution >= 4 is 16.3 Å². The summed E-state index contributed by atoms with van der Waals surface area (Å²) in [6.07, 6.45) is 10.6. The van der Waals surface area contributed by atoms with Gasteiger partial charge in [0.2, 0.25) is 0 Å². The molecular weight excluding hydrogens is 510 g/mol.